The number of benzene rings is 2. The molecule has 3 aromatic rings. The number of anilines is 2. The highest BCUT2D eigenvalue weighted by atomic mass is 16.5. The second kappa shape index (κ2) is 8.95. The maximum absolute atomic E-state index is 11.0. The van der Waals surface area contributed by atoms with E-state index in [9.17, 15) is 4.79 Å². The van der Waals surface area contributed by atoms with Gasteiger partial charge >= 0.3 is 5.97 Å². The molecular weight excluding hydrogens is 384 g/mol. The van der Waals surface area contributed by atoms with Gasteiger partial charge in [0.25, 0.3) is 0 Å². The Morgan fingerprint density at radius 3 is 2.60 bits per heavy atom. The summed E-state index contributed by atoms with van der Waals surface area (Å²) in [6, 6.07) is 11.3. The van der Waals surface area contributed by atoms with E-state index in [0.29, 0.717) is 23.5 Å². The zero-order valence-electron chi connectivity index (χ0n) is 16.6. The van der Waals surface area contributed by atoms with Crippen LogP contribution in [-0.4, -0.2) is 35.3 Å². The standard InChI is InChI=1S/C22H22N4O4/c1-29-18-5-3-4-17(20(18)30-2)14-7-6-13(8-9-19(27)28)15(10-14)11-16-12-25-22(24)26-21(16)23/h3-10,12H,11H2,1-2H3,(H,27,28)(H4,23,24,25,26). The molecule has 0 fully saturated rings. The Labute approximate surface area is 173 Å². The number of carboxylic acids is 1. The minimum absolute atomic E-state index is 0.0946. The molecule has 2 aromatic carbocycles. The van der Waals surface area contributed by atoms with E-state index in [2.05, 4.69) is 9.97 Å². The van der Waals surface area contributed by atoms with Crippen molar-refractivity contribution in [2.45, 2.75) is 6.42 Å². The zero-order valence-corrected chi connectivity index (χ0v) is 16.6. The highest BCUT2D eigenvalue weighted by Gasteiger charge is 2.14. The lowest BCUT2D eigenvalue weighted by molar-refractivity contribution is -0.131. The van der Waals surface area contributed by atoms with Crippen LogP contribution < -0.4 is 20.9 Å². The van der Waals surface area contributed by atoms with Gasteiger partial charge in [-0.15, -0.1) is 0 Å². The van der Waals surface area contributed by atoms with Crippen LogP contribution in [0, 0.1) is 0 Å². The summed E-state index contributed by atoms with van der Waals surface area (Å²) in [4.78, 5) is 19.0. The molecule has 8 nitrogen and oxygen atoms in total. The van der Waals surface area contributed by atoms with Gasteiger partial charge in [-0.2, -0.15) is 4.98 Å². The summed E-state index contributed by atoms with van der Waals surface area (Å²) < 4.78 is 10.9. The Bertz CT molecular complexity index is 1110. The lowest BCUT2D eigenvalue weighted by atomic mass is 9.94. The molecule has 30 heavy (non-hydrogen) atoms. The number of hydrogen-bond acceptors (Lipinski definition) is 7. The molecule has 0 aliphatic carbocycles. The third-order valence-corrected chi connectivity index (χ3v) is 4.56. The molecule has 0 aliphatic heterocycles. The molecule has 1 heterocycles. The highest BCUT2D eigenvalue weighted by molar-refractivity contribution is 5.86. The van der Waals surface area contributed by atoms with Gasteiger partial charge in [0.05, 0.1) is 14.2 Å². The van der Waals surface area contributed by atoms with Crippen LogP contribution >= 0.6 is 0 Å². The monoisotopic (exact) mass is 406 g/mol. The molecule has 1 aromatic heterocycles. The number of rotatable bonds is 7. The normalized spacial score (nSPS) is 10.9. The largest absolute Gasteiger partial charge is 0.493 e. The first-order valence-corrected chi connectivity index (χ1v) is 9.05. The second-order valence-corrected chi connectivity index (χ2v) is 6.44. The Kier molecular flexibility index (Phi) is 6.17. The molecule has 3 rings (SSSR count). The lowest BCUT2D eigenvalue weighted by Crippen LogP contribution is -2.05. The molecule has 0 saturated heterocycles. The van der Waals surface area contributed by atoms with E-state index in [-0.39, 0.29) is 11.8 Å². The SMILES string of the molecule is COc1cccc(-c2ccc(C=CC(=O)O)c(Cc3cnc(N)nc3N)c2)c1OC. The topological polar surface area (TPSA) is 134 Å². The van der Waals surface area contributed by atoms with Crippen LogP contribution in [0.4, 0.5) is 11.8 Å². The molecule has 0 saturated carbocycles. The van der Waals surface area contributed by atoms with Crippen molar-refractivity contribution in [3.63, 3.8) is 0 Å². The Hall–Kier alpha value is -4.07. The third kappa shape index (κ3) is 4.49. The Balaban J connectivity index is 2.12. The van der Waals surface area contributed by atoms with Gasteiger partial charge < -0.3 is 26.0 Å². The molecule has 0 aliphatic rings. The average Bonchev–Trinajstić information content (AvgIpc) is 2.73. The minimum Gasteiger partial charge on any atom is -0.493 e. The maximum Gasteiger partial charge on any atom is 0.328 e. The van der Waals surface area contributed by atoms with Crippen molar-refractivity contribution in [3.8, 4) is 22.6 Å². The Morgan fingerprint density at radius 2 is 1.93 bits per heavy atom. The van der Waals surface area contributed by atoms with Crippen LogP contribution in [-0.2, 0) is 11.2 Å². The van der Waals surface area contributed by atoms with Crippen LogP contribution in [0.5, 0.6) is 11.5 Å². The molecule has 0 amide bonds. The fourth-order valence-corrected chi connectivity index (χ4v) is 3.14. The Morgan fingerprint density at radius 1 is 1.13 bits per heavy atom. The number of methoxy groups -OCH3 is 2. The van der Waals surface area contributed by atoms with Crippen molar-refractivity contribution < 1.29 is 19.4 Å². The van der Waals surface area contributed by atoms with Crippen molar-refractivity contribution in [1.82, 2.24) is 9.97 Å². The van der Waals surface area contributed by atoms with Gasteiger partial charge in [-0.25, -0.2) is 9.78 Å². The number of nitrogen functional groups attached to an aromatic ring is 2. The molecule has 8 heteroatoms. The third-order valence-electron chi connectivity index (χ3n) is 4.56. The fraction of sp³-hybridized carbons (Fsp3) is 0.136. The van der Waals surface area contributed by atoms with Gasteiger partial charge in [-0.05, 0) is 28.8 Å². The molecule has 0 unspecified atom stereocenters. The van der Waals surface area contributed by atoms with Crippen molar-refractivity contribution in [3.05, 3.63) is 65.4 Å². The predicted octanol–water partition coefficient (Wildman–Crippen LogP) is 3.01. The van der Waals surface area contributed by atoms with E-state index in [1.54, 1.807) is 26.5 Å². The zero-order chi connectivity index (χ0) is 21.7. The highest BCUT2D eigenvalue weighted by Crippen LogP contribution is 2.38. The number of nitrogens with two attached hydrogens (primary N) is 2. The van der Waals surface area contributed by atoms with Gasteiger partial charge in [0.15, 0.2) is 11.5 Å². The number of carbonyl (C=O) groups is 1. The van der Waals surface area contributed by atoms with E-state index in [4.69, 9.17) is 26.0 Å². The van der Waals surface area contributed by atoms with Gasteiger partial charge in [0.2, 0.25) is 5.95 Å². The second-order valence-electron chi connectivity index (χ2n) is 6.44. The van der Waals surface area contributed by atoms with Crippen LogP contribution in [0.1, 0.15) is 16.7 Å². The molecular formula is C22H22N4O4. The number of para-hydroxylation sites is 1. The molecule has 154 valence electrons. The first-order chi connectivity index (χ1) is 14.4. The van der Waals surface area contributed by atoms with E-state index in [0.717, 1.165) is 28.3 Å². The fourth-order valence-electron chi connectivity index (χ4n) is 3.14. The summed E-state index contributed by atoms with van der Waals surface area (Å²) in [5.41, 5.74) is 15.6. The summed E-state index contributed by atoms with van der Waals surface area (Å²) in [5.74, 6) is 0.560. The summed E-state index contributed by atoms with van der Waals surface area (Å²) in [7, 11) is 3.16. The van der Waals surface area contributed by atoms with Crippen LogP contribution in [0.25, 0.3) is 17.2 Å². The number of aromatic nitrogens is 2. The summed E-state index contributed by atoms with van der Waals surface area (Å²) in [6.45, 7) is 0. The van der Waals surface area contributed by atoms with Crippen molar-refractivity contribution in [1.29, 1.82) is 0 Å². The average molecular weight is 406 g/mol. The van der Waals surface area contributed by atoms with Crippen molar-refractivity contribution >= 4 is 23.8 Å². The number of hydrogen-bond donors (Lipinski definition) is 3. The summed E-state index contributed by atoms with van der Waals surface area (Å²) in [6.07, 6.45) is 4.60. The maximum atomic E-state index is 11.0. The van der Waals surface area contributed by atoms with Crippen LogP contribution in [0.15, 0.2) is 48.7 Å². The molecule has 0 spiro atoms. The summed E-state index contributed by atoms with van der Waals surface area (Å²) >= 11 is 0. The van der Waals surface area contributed by atoms with Crippen LogP contribution in [0.2, 0.25) is 0 Å². The van der Waals surface area contributed by atoms with Gasteiger partial charge in [0, 0.05) is 29.8 Å². The first kappa shape index (κ1) is 20.7. The molecule has 0 bridgehead atoms. The van der Waals surface area contributed by atoms with E-state index < -0.39 is 5.97 Å². The smallest absolute Gasteiger partial charge is 0.328 e. The van der Waals surface area contributed by atoms with E-state index >= 15 is 0 Å². The first-order valence-electron chi connectivity index (χ1n) is 9.05. The quantitative estimate of drug-likeness (QED) is 0.510. The number of nitrogens with zero attached hydrogens (tertiary/aromatic N) is 2. The van der Waals surface area contributed by atoms with Crippen molar-refractivity contribution in [2.24, 2.45) is 0 Å². The lowest BCUT2D eigenvalue weighted by Gasteiger charge is -2.15. The van der Waals surface area contributed by atoms with Gasteiger partial charge in [-0.3, -0.25) is 0 Å². The van der Waals surface area contributed by atoms with E-state index in [1.165, 1.54) is 0 Å². The number of aliphatic carboxylic acids is 1. The minimum atomic E-state index is -1.03. The summed E-state index contributed by atoms with van der Waals surface area (Å²) in [5, 5.41) is 9.02. The van der Waals surface area contributed by atoms with Gasteiger partial charge in [-0.1, -0.05) is 30.3 Å². The number of carboxylic acid groups (broad SMARTS) is 1. The molecule has 5 N–H and O–H groups in total. The predicted molar refractivity (Wildman–Crippen MR) is 115 cm³/mol. The molecule has 0 radical (unpaired) electrons. The van der Waals surface area contributed by atoms with Crippen LogP contribution in [0.3, 0.4) is 0 Å². The number of ether oxygens (including phenoxy) is 2. The van der Waals surface area contributed by atoms with Gasteiger partial charge in [0.1, 0.15) is 5.82 Å². The van der Waals surface area contributed by atoms with E-state index in [1.807, 2.05) is 36.4 Å². The molecule has 0 atom stereocenters. The van der Waals surface area contributed by atoms with Crippen molar-refractivity contribution in [2.75, 3.05) is 25.7 Å².